The lowest BCUT2D eigenvalue weighted by Crippen LogP contribution is -2.38. The van der Waals surface area contributed by atoms with Crippen LogP contribution >= 0.6 is 24.0 Å². The van der Waals surface area contributed by atoms with E-state index in [2.05, 4.69) is 25.8 Å². The van der Waals surface area contributed by atoms with E-state index in [-0.39, 0.29) is 24.0 Å². The highest BCUT2D eigenvalue weighted by atomic mass is 127. The Balaban J connectivity index is 0.00000364. The molecule has 0 aliphatic carbocycles. The topological polar surface area (TPSA) is 85.6 Å². The van der Waals surface area contributed by atoms with Crippen LogP contribution in [-0.2, 0) is 24.9 Å². The van der Waals surface area contributed by atoms with Crippen LogP contribution in [0.25, 0.3) is 0 Å². The molecule has 0 saturated carbocycles. The first-order valence-electron chi connectivity index (χ1n) is 8.63. The summed E-state index contributed by atoms with van der Waals surface area (Å²) in [5.41, 5.74) is 1.08. The third-order valence-corrected chi connectivity index (χ3v) is 3.97. The van der Waals surface area contributed by atoms with Gasteiger partial charge in [-0.15, -0.1) is 34.2 Å². The van der Waals surface area contributed by atoms with E-state index >= 15 is 0 Å². The van der Waals surface area contributed by atoms with Crippen LogP contribution in [0.1, 0.15) is 23.6 Å². The van der Waals surface area contributed by atoms with Crippen molar-refractivity contribution in [2.45, 2.75) is 26.4 Å². The highest BCUT2D eigenvalue weighted by Crippen LogP contribution is 2.13. The summed E-state index contributed by atoms with van der Waals surface area (Å²) in [6, 6.07) is 7.90. The number of hydrogen-bond donors (Lipinski definition) is 2. The molecule has 8 nitrogen and oxygen atoms in total. The Morgan fingerprint density at radius 3 is 2.70 bits per heavy atom. The Morgan fingerprint density at radius 2 is 2.04 bits per heavy atom. The van der Waals surface area contributed by atoms with Gasteiger partial charge in [-0.05, 0) is 31.0 Å². The summed E-state index contributed by atoms with van der Waals surface area (Å²) in [5, 5.41) is 14.9. The van der Waals surface area contributed by atoms with Gasteiger partial charge in [0.25, 0.3) is 0 Å². The molecule has 0 unspecified atom stereocenters. The maximum atomic E-state index is 5.26. The molecule has 27 heavy (non-hydrogen) atoms. The van der Waals surface area contributed by atoms with Gasteiger partial charge in [-0.3, -0.25) is 0 Å². The fourth-order valence-corrected chi connectivity index (χ4v) is 2.31. The Kier molecular flexibility index (Phi) is 10.7. The SMILES string of the molecule is COCCCNC(=NCc1cccc(OC)c1)NCc1nnc(C)n1C.I. The second kappa shape index (κ2) is 12.5. The first-order valence-corrected chi connectivity index (χ1v) is 8.63. The molecule has 0 fully saturated rings. The van der Waals surface area contributed by atoms with Crippen molar-refractivity contribution in [2.75, 3.05) is 27.4 Å². The summed E-state index contributed by atoms with van der Waals surface area (Å²) in [6.45, 7) is 4.51. The summed E-state index contributed by atoms with van der Waals surface area (Å²) in [5.74, 6) is 3.29. The van der Waals surface area contributed by atoms with E-state index in [9.17, 15) is 0 Å². The van der Waals surface area contributed by atoms with Crippen molar-refractivity contribution in [3.05, 3.63) is 41.5 Å². The zero-order valence-corrected chi connectivity index (χ0v) is 18.7. The highest BCUT2D eigenvalue weighted by molar-refractivity contribution is 14.0. The van der Waals surface area contributed by atoms with Crippen LogP contribution in [-0.4, -0.2) is 48.1 Å². The van der Waals surface area contributed by atoms with Crippen LogP contribution in [0.5, 0.6) is 5.75 Å². The van der Waals surface area contributed by atoms with Crippen molar-refractivity contribution >= 4 is 29.9 Å². The van der Waals surface area contributed by atoms with E-state index in [4.69, 9.17) is 9.47 Å². The maximum absolute atomic E-state index is 5.26. The first-order chi connectivity index (χ1) is 12.6. The summed E-state index contributed by atoms with van der Waals surface area (Å²) in [6.07, 6.45) is 0.902. The normalized spacial score (nSPS) is 11.0. The number of methoxy groups -OCH3 is 2. The molecule has 150 valence electrons. The van der Waals surface area contributed by atoms with Crippen LogP contribution in [0.15, 0.2) is 29.3 Å². The number of halogens is 1. The number of benzene rings is 1. The number of nitrogens with one attached hydrogen (secondary N) is 2. The second-order valence-corrected chi connectivity index (χ2v) is 5.87. The largest absolute Gasteiger partial charge is 0.497 e. The minimum Gasteiger partial charge on any atom is -0.497 e. The summed E-state index contributed by atoms with van der Waals surface area (Å²) in [7, 11) is 5.31. The Labute approximate surface area is 177 Å². The van der Waals surface area contributed by atoms with Crippen LogP contribution in [0.4, 0.5) is 0 Å². The predicted octanol–water partition coefficient (Wildman–Crippen LogP) is 2.02. The van der Waals surface area contributed by atoms with Gasteiger partial charge in [-0.2, -0.15) is 0 Å². The molecule has 1 aromatic heterocycles. The molecule has 1 heterocycles. The Morgan fingerprint density at radius 1 is 1.22 bits per heavy atom. The zero-order valence-electron chi connectivity index (χ0n) is 16.4. The molecule has 0 atom stereocenters. The van der Waals surface area contributed by atoms with Crippen molar-refractivity contribution in [2.24, 2.45) is 12.0 Å². The third-order valence-electron chi connectivity index (χ3n) is 3.97. The summed E-state index contributed by atoms with van der Waals surface area (Å²) < 4.78 is 12.3. The van der Waals surface area contributed by atoms with Crippen molar-refractivity contribution in [1.29, 1.82) is 0 Å². The quantitative estimate of drug-likeness (QED) is 0.243. The van der Waals surface area contributed by atoms with Crippen molar-refractivity contribution in [3.63, 3.8) is 0 Å². The average Bonchev–Trinajstić information content (AvgIpc) is 2.99. The lowest BCUT2D eigenvalue weighted by atomic mass is 10.2. The molecule has 2 aromatic rings. The van der Waals surface area contributed by atoms with Gasteiger partial charge < -0.3 is 24.7 Å². The molecule has 0 radical (unpaired) electrons. The van der Waals surface area contributed by atoms with E-state index < -0.39 is 0 Å². The third kappa shape index (κ3) is 7.71. The molecule has 0 aliphatic heterocycles. The number of guanidine groups is 1. The van der Waals surface area contributed by atoms with Crippen LogP contribution in [0.3, 0.4) is 0 Å². The smallest absolute Gasteiger partial charge is 0.191 e. The van der Waals surface area contributed by atoms with E-state index in [0.29, 0.717) is 19.7 Å². The van der Waals surface area contributed by atoms with Crippen molar-refractivity contribution < 1.29 is 9.47 Å². The number of hydrogen-bond acceptors (Lipinski definition) is 5. The van der Waals surface area contributed by atoms with Crippen molar-refractivity contribution in [3.8, 4) is 5.75 Å². The molecule has 0 amide bonds. The van der Waals surface area contributed by atoms with Crippen LogP contribution in [0.2, 0.25) is 0 Å². The molecule has 0 spiro atoms. The number of aryl methyl sites for hydroxylation is 1. The van der Waals surface area contributed by atoms with Gasteiger partial charge in [0.05, 0.1) is 20.2 Å². The first kappa shape index (κ1) is 23.2. The highest BCUT2D eigenvalue weighted by Gasteiger charge is 2.06. The maximum Gasteiger partial charge on any atom is 0.191 e. The minimum atomic E-state index is 0. The molecule has 1 aromatic carbocycles. The average molecular weight is 488 g/mol. The molecule has 2 N–H and O–H groups in total. The number of ether oxygens (including phenoxy) is 2. The predicted molar refractivity (Wildman–Crippen MR) is 117 cm³/mol. The molecule has 2 rings (SSSR count). The van der Waals surface area contributed by atoms with Crippen molar-refractivity contribution in [1.82, 2.24) is 25.4 Å². The van der Waals surface area contributed by atoms with E-state index in [1.807, 2.05) is 42.8 Å². The molecule has 0 aliphatic rings. The van der Waals surface area contributed by atoms with Gasteiger partial charge in [-0.1, -0.05) is 12.1 Å². The van der Waals surface area contributed by atoms with Gasteiger partial charge in [0.15, 0.2) is 11.8 Å². The minimum absolute atomic E-state index is 0. The van der Waals surface area contributed by atoms with Gasteiger partial charge in [0.2, 0.25) is 0 Å². The molecule has 0 saturated heterocycles. The lowest BCUT2D eigenvalue weighted by molar-refractivity contribution is 0.195. The number of aromatic nitrogens is 3. The number of aliphatic imine (C=N–C) groups is 1. The summed E-state index contributed by atoms with van der Waals surface area (Å²) in [4.78, 5) is 4.66. The van der Waals surface area contributed by atoms with E-state index in [0.717, 1.165) is 41.9 Å². The number of nitrogens with zero attached hydrogens (tertiary/aromatic N) is 4. The number of rotatable bonds is 9. The van der Waals surface area contributed by atoms with E-state index in [1.165, 1.54) is 0 Å². The summed E-state index contributed by atoms with van der Waals surface area (Å²) >= 11 is 0. The van der Waals surface area contributed by atoms with Gasteiger partial charge >= 0.3 is 0 Å². The standard InChI is InChI=1S/C18H28N6O2.HI/c1-14-22-23-17(24(14)2)13-21-18(19-9-6-10-25-3)20-12-15-7-5-8-16(11-15)26-4;/h5,7-8,11H,6,9-10,12-13H2,1-4H3,(H2,19,20,21);1H. The second-order valence-electron chi connectivity index (χ2n) is 5.87. The fourth-order valence-electron chi connectivity index (χ4n) is 2.31. The molecule has 9 heteroatoms. The fraction of sp³-hybridized carbons (Fsp3) is 0.500. The van der Waals surface area contributed by atoms with Gasteiger partial charge in [0.1, 0.15) is 11.6 Å². The lowest BCUT2D eigenvalue weighted by Gasteiger charge is -2.12. The van der Waals surface area contributed by atoms with Crippen LogP contribution in [0, 0.1) is 6.92 Å². The molecular weight excluding hydrogens is 459 g/mol. The zero-order chi connectivity index (χ0) is 18.8. The Hall–Kier alpha value is -1.88. The monoisotopic (exact) mass is 488 g/mol. The van der Waals surface area contributed by atoms with E-state index in [1.54, 1.807) is 14.2 Å². The molecule has 0 bridgehead atoms. The van der Waals surface area contributed by atoms with Gasteiger partial charge in [0, 0.05) is 27.3 Å². The Bertz CT molecular complexity index is 720. The molecular formula is C18H29IN6O2. The van der Waals surface area contributed by atoms with Gasteiger partial charge in [-0.25, -0.2) is 4.99 Å². The van der Waals surface area contributed by atoms with Crippen LogP contribution < -0.4 is 15.4 Å².